The second-order valence-corrected chi connectivity index (χ2v) is 5.07. The zero-order chi connectivity index (χ0) is 14.1. The number of rotatable bonds is 3. The molecule has 20 heavy (non-hydrogen) atoms. The molecule has 0 saturated carbocycles. The fraction of sp³-hybridized carbons (Fsp3) is 0.615. The van der Waals surface area contributed by atoms with Crippen molar-refractivity contribution in [3.05, 3.63) is 6.33 Å². The van der Waals surface area contributed by atoms with Gasteiger partial charge in [0, 0.05) is 32.1 Å². The van der Waals surface area contributed by atoms with Crippen molar-refractivity contribution < 1.29 is 9.53 Å². The Labute approximate surface area is 117 Å². The molecule has 1 amide bonds. The molecular weight excluding hydrogens is 258 g/mol. The minimum Gasteiger partial charge on any atom is -0.476 e. The largest absolute Gasteiger partial charge is 0.476 e. The molecule has 7 nitrogen and oxygen atoms in total. The molecule has 1 unspecified atom stereocenters. The van der Waals surface area contributed by atoms with E-state index in [0.717, 1.165) is 26.1 Å². The summed E-state index contributed by atoms with van der Waals surface area (Å²) in [6, 6.07) is 0.279. The van der Waals surface area contributed by atoms with E-state index in [2.05, 4.69) is 14.9 Å². The van der Waals surface area contributed by atoms with Crippen LogP contribution in [-0.2, 0) is 4.79 Å². The van der Waals surface area contributed by atoms with Gasteiger partial charge < -0.3 is 20.3 Å². The molecule has 0 aromatic carbocycles. The third-order valence-electron chi connectivity index (χ3n) is 3.90. The Kier molecular flexibility index (Phi) is 3.33. The second kappa shape index (κ2) is 5.15. The topological polar surface area (TPSA) is 84.6 Å². The van der Waals surface area contributed by atoms with Gasteiger partial charge in [0.2, 0.25) is 11.8 Å². The van der Waals surface area contributed by atoms with Crippen LogP contribution in [-0.4, -0.2) is 53.1 Å². The van der Waals surface area contributed by atoms with Gasteiger partial charge in [-0.15, -0.1) is 0 Å². The van der Waals surface area contributed by atoms with Crippen LogP contribution in [0.4, 0.5) is 11.5 Å². The Balaban J connectivity index is 1.80. The van der Waals surface area contributed by atoms with E-state index >= 15 is 0 Å². The van der Waals surface area contributed by atoms with Crippen LogP contribution in [0.1, 0.15) is 19.8 Å². The molecule has 0 radical (unpaired) electrons. The Morgan fingerprint density at radius 3 is 3.10 bits per heavy atom. The zero-order valence-corrected chi connectivity index (χ0v) is 11.6. The van der Waals surface area contributed by atoms with Crippen LogP contribution in [0.15, 0.2) is 6.33 Å². The molecule has 3 rings (SSSR count). The van der Waals surface area contributed by atoms with Crippen molar-refractivity contribution in [1.82, 2.24) is 14.9 Å². The van der Waals surface area contributed by atoms with E-state index in [9.17, 15) is 4.79 Å². The summed E-state index contributed by atoms with van der Waals surface area (Å²) in [7, 11) is 0. The molecule has 0 aliphatic carbocycles. The number of amides is 1. The number of nitrogens with two attached hydrogens (primary N) is 1. The van der Waals surface area contributed by atoms with Gasteiger partial charge in [-0.3, -0.25) is 4.79 Å². The summed E-state index contributed by atoms with van der Waals surface area (Å²) in [6.45, 7) is 4.67. The molecule has 0 bridgehead atoms. The van der Waals surface area contributed by atoms with Gasteiger partial charge in [0.15, 0.2) is 5.82 Å². The van der Waals surface area contributed by atoms with Gasteiger partial charge >= 0.3 is 0 Å². The monoisotopic (exact) mass is 277 g/mol. The van der Waals surface area contributed by atoms with Crippen molar-refractivity contribution in [1.29, 1.82) is 0 Å². The van der Waals surface area contributed by atoms with Crippen molar-refractivity contribution in [2.75, 3.05) is 36.9 Å². The van der Waals surface area contributed by atoms with Crippen molar-refractivity contribution >= 4 is 17.4 Å². The van der Waals surface area contributed by atoms with E-state index in [1.54, 1.807) is 0 Å². The first-order valence-corrected chi connectivity index (χ1v) is 6.98. The lowest BCUT2D eigenvalue weighted by Gasteiger charge is -2.38. The van der Waals surface area contributed by atoms with Crippen LogP contribution >= 0.6 is 0 Å². The lowest BCUT2D eigenvalue weighted by molar-refractivity contribution is -0.129. The van der Waals surface area contributed by atoms with Gasteiger partial charge in [0.1, 0.15) is 12.0 Å². The summed E-state index contributed by atoms with van der Waals surface area (Å²) in [4.78, 5) is 24.1. The van der Waals surface area contributed by atoms with Gasteiger partial charge in [0.05, 0.1) is 6.61 Å². The minimum atomic E-state index is 0.264. The van der Waals surface area contributed by atoms with E-state index in [1.807, 2.05) is 11.8 Å². The predicted molar refractivity (Wildman–Crippen MR) is 74.6 cm³/mol. The average Bonchev–Trinajstić information content (AvgIpc) is 2.82. The van der Waals surface area contributed by atoms with Gasteiger partial charge in [-0.05, 0) is 13.3 Å². The molecule has 1 aromatic heterocycles. The molecule has 2 aliphatic heterocycles. The number of nitrogen functional groups attached to an aromatic ring is 1. The number of ether oxygens (including phenoxy) is 1. The van der Waals surface area contributed by atoms with E-state index in [-0.39, 0.29) is 11.9 Å². The third-order valence-corrected chi connectivity index (χ3v) is 3.90. The number of fused-ring (bicyclic) bond motifs is 1. The first-order chi connectivity index (χ1) is 9.70. The van der Waals surface area contributed by atoms with Gasteiger partial charge in [0.25, 0.3) is 0 Å². The summed E-state index contributed by atoms with van der Waals surface area (Å²) in [6.07, 6.45) is 3.05. The van der Waals surface area contributed by atoms with Crippen LogP contribution in [0.5, 0.6) is 5.88 Å². The molecule has 2 N–H and O–H groups in total. The minimum absolute atomic E-state index is 0.264. The molecule has 2 saturated heterocycles. The number of hydrogen-bond donors (Lipinski definition) is 1. The molecule has 1 aromatic rings. The third kappa shape index (κ3) is 2.13. The van der Waals surface area contributed by atoms with Crippen molar-refractivity contribution in [2.45, 2.75) is 25.8 Å². The normalized spacial score (nSPS) is 22.1. The van der Waals surface area contributed by atoms with Crippen LogP contribution in [0, 0.1) is 0 Å². The Bertz CT molecular complexity index is 521. The Morgan fingerprint density at radius 1 is 1.45 bits per heavy atom. The number of hydrogen-bond acceptors (Lipinski definition) is 6. The summed E-state index contributed by atoms with van der Waals surface area (Å²) < 4.78 is 5.40. The number of anilines is 2. The van der Waals surface area contributed by atoms with E-state index < -0.39 is 0 Å². The maximum atomic E-state index is 11.7. The summed E-state index contributed by atoms with van der Waals surface area (Å²) >= 11 is 0. The summed E-state index contributed by atoms with van der Waals surface area (Å²) in [5.74, 6) is 1.41. The number of aromatic nitrogens is 2. The highest BCUT2D eigenvalue weighted by molar-refractivity contribution is 5.79. The number of carbonyl (C=O) groups is 1. The quantitative estimate of drug-likeness (QED) is 0.853. The van der Waals surface area contributed by atoms with Crippen molar-refractivity contribution in [2.24, 2.45) is 0 Å². The van der Waals surface area contributed by atoms with E-state index in [0.29, 0.717) is 30.4 Å². The lowest BCUT2D eigenvalue weighted by atomic mass is 10.1. The fourth-order valence-corrected chi connectivity index (χ4v) is 2.93. The SMILES string of the molecule is CCOc1ncnc(N2CCN3C(=O)CCC3C2)c1N. The number of carbonyl (C=O) groups excluding carboxylic acids is 1. The predicted octanol–water partition coefficient (Wildman–Crippen LogP) is 0.268. The fourth-order valence-electron chi connectivity index (χ4n) is 2.93. The molecule has 108 valence electrons. The second-order valence-electron chi connectivity index (χ2n) is 5.07. The van der Waals surface area contributed by atoms with Crippen molar-refractivity contribution in [3.8, 4) is 5.88 Å². The molecule has 2 fully saturated rings. The van der Waals surface area contributed by atoms with Crippen LogP contribution in [0.3, 0.4) is 0 Å². The molecule has 7 heteroatoms. The van der Waals surface area contributed by atoms with Gasteiger partial charge in [-0.2, -0.15) is 4.98 Å². The van der Waals surface area contributed by atoms with Crippen LogP contribution < -0.4 is 15.4 Å². The molecular formula is C13H19N5O2. The van der Waals surface area contributed by atoms with Crippen LogP contribution in [0.2, 0.25) is 0 Å². The Hall–Kier alpha value is -2.05. The highest BCUT2D eigenvalue weighted by atomic mass is 16.5. The summed E-state index contributed by atoms with van der Waals surface area (Å²) in [5.41, 5.74) is 6.57. The molecule has 2 aliphatic rings. The van der Waals surface area contributed by atoms with E-state index in [4.69, 9.17) is 10.5 Å². The van der Waals surface area contributed by atoms with Crippen LogP contribution in [0.25, 0.3) is 0 Å². The zero-order valence-electron chi connectivity index (χ0n) is 11.6. The van der Waals surface area contributed by atoms with Crippen molar-refractivity contribution in [3.63, 3.8) is 0 Å². The van der Waals surface area contributed by atoms with Gasteiger partial charge in [-0.25, -0.2) is 4.98 Å². The summed E-state index contributed by atoms with van der Waals surface area (Å²) in [5, 5.41) is 0. The maximum Gasteiger partial charge on any atom is 0.242 e. The first-order valence-electron chi connectivity index (χ1n) is 6.98. The Morgan fingerprint density at radius 2 is 2.30 bits per heavy atom. The average molecular weight is 277 g/mol. The number of piperazine rings is 1. The number of nitrogens with zero attached hydrogens (tertiary/aromatic N) is 4. The molecule has 3 heterocycles. The molecule has 1 atom stereocenters. The van der Waals surface area contributed by atoms with E-state index in [1.165, 1.54) is 6.33 Å². The lowest BCUT2D eigenvalue weighted by Crippen LogP contribution is -2.51. The highest BCUT2D eigenvalue weighted by Crippen LogP contribution is 2.31. The van der Waals surface area contributed by atoms with Gasteiger partial charge in [-0.1, -0.05) is 0 Å². The highest BCUT2D eigenvalue weighted by Gasteiger charge is 2.36. The first kappa shape index (κ1) is 13.0. The maximum absolute atomic E-state index is 11.7. The smallest absolute Gasteiger partial charge is 0.242 e. The molecule has 0 spiro atoms. The standard InChI is InChI=1S/C13H19N5O2/c1-2-20-13-11(14)12(15-8-16-13)17-5-6-18-9(7-17)3-4-10(18)19/h8-9H,2-7,14H2,1H3.